The summed E-state index contributed by atoms with van der Waals surface area (Å²) >= 11 is 2.70. The average molecular weight is 440 g/mol. The molecule has 1 aromatic heterocycles. The molecule has 0 saturated heterocycles. The van der Waals surface area contributed by atoms with Crippen LogP contribution in [0, 0.1) is 11.3 Å². The number of carbonyl (C=O) groups is 1. The van der Waals surface area contributed by atoms with Gasteiger partial charge in [-0.05, 0) is 31.2 Å². The first-order valence-electron chi connectivity index (χ1n) is 9.38. The molecule has 0 fully saturated rings. The number of rotatable bonds is 10. The van der Waals surface area contributed by atoms with Crippen LogP contribution in [0.25, 0.3) is 0 Å². The number of aromatic nitrogens is 2. The molecule has 0 radical (unpaired) electrons. The molecule has 0 unspecified atom stereocenters. The summed E-state index contributed by atoms with van der Waals surface area (Å²) in [7, 11) is 0. The van der Waals surface area contributed by atoms with E-state index in [1.54, 1.807) is 4.90 Å². The lowest BCUT2D eigenvalue weighted by molar-refractivity contribution is -0.116. The standard InChI is InChI=1S/C21H21N5O2S2/c1-2-28-18-12-7-6-11-17(18)23-20-24-25-21(30-20)29-15-19(27)26(14-8-13-22)16-9-4-3-5-10-16/h3-7,9-12H,2,8,14-15H2,1H3,(H,23,24). The maximum atomic E-state index is 12.8. The molecule has 0 aliphatic rings. The first-order chi connectivity index (χ1) is 14.7. The van der Waals surface area contributed by atoms with Crippen molar-refractivity contribution in [2.75, 3.05) is 29.1 Å². The molecule has 0 spiro atoms. The van der Waals surface area contributed by atoms with E-state index in [0.717, 1.165) is 17.1 Å². The number of para-hydroxylation sites is 3. The van der Waals surface area contributed by atoms with Crippen LogP contribution in [0.1, 0.15) is 13.3 Å². The minimum atomic E-state index is -0.0761. The quantitative estimate of drug-likeness (QED) is 0.457. The summed E-state index contributed by atoms with van der Waals surface area (Å²) < 4.78 is 6.30. The minimum absolute atomic E-state index is 0.0761. The number of thioether (sulfide) groups is 1. The number of ether oxygens (including phenoxy) is 1. The smallest absolute Gasteiger partial charge is 0.237 e. The van der Waals surface area contributed by atoms with Gasteiger partial charge in [0.05, 0.1) is 30.5 Å². The van der Waals surface area contributed by atoms with Gasteiger partial charge in [0.25, 0.3) is 0 Å². The molecule has 2 aromatic carbocycles. The van der Waals surface area contributed by atoms with E-state index in [9.17, 15) is 4.79 Å². The lowest BCUT2D eigenvalue weighted by atomic mass is 10.2. The van der Waals surface area contributed by atoms with Crippen molar-refractivity contribution in [3.05, 3.63) is 54.6 Å². The summed E-state index contributed by atoms with van der Waals surface area (Å²) in [5, 5.41) is 21.1. The molecular weight excluding hydrogens is 418 g/mol. The second kappa shape index (κ2) is 11.2. The van der Waals surface area contributed by atoms with Crippen molar-refractivity contribution in [1.82, 2.24) is 10.2 Å². The van der Waals surface area contributed by atoms with E-state index in [1.165, 1.54) is 23.1 Å². The van der Waals surface area contributed by atoms with Crippen LogP contribution in [0.2, 0.25) is 0 Å². The predicted molar refractivity (Wildman–Crippen MR) is 121 cm³/mol. The second-order valence-electron chi connectivity index (χ2n) is 6.01. The van der Waals surface area contributed by atoms with Crippen molar-refractivity contribution in [1.29, 1.82) is 5.26 Å². The molecule has 0 bridgehead atoms. The molecule has 3 rings (SSSR count). The number of nitrogens with one attached hydrogen (secondary N) is 1. The lowest BCUT2D eigenvalue weighted by Crippen LogP contribution is -2.33. The third-order valence-electron chi connectivity index (χ3n) is 3.97. The number of hydrogen-bond donors (Lipinski definition) is 1. The van der Waals surface area contributed by atoms with E-state index < -0.39 is 0 Å². The van der Waals surface area contributed by atoms with Gasteiger partial charge in [-0.1, -0.05) is 53.4 Å². The van der Waals surface area contributed by atoms with Crippen molar-refractivity contribution >= 4 is 45.5 Å². The Morgan fingerprint density at radius 2 is 1.97 bits per heavy atom. The maximum Gasteiger partial charge on any atom is 0.237 e. The minimum Gasteiger partial charge on any atom is -0.492 e. The Kier molecular flexibility index (Phi) is 8.06. The maximum absolute atomic E-state index is 12.8. The molecule has 3 aromatic rings. The molecule has 1 N–H and O–H groups in total. The van der Waals surface area contributed by atoms with E-state index in [2.05, 4.69) is 21.6 Å². The Morgan fingerprint density at radius 1 is 1.20 bits per heavy atom. The largest absolute Gasteiger partial charge is 0.492 e. The third-order valence-corrected chi connectivity index (χ3v) is 5.93. The lowest BCUT2D eigenvalue weighted by Gasteiger charge is -2.21. The van der Waals surface area contributed by atoms with Gasteiger partial charge in [-0.2, -0.15) is 5.26 Å². The fraction of sp³-hybridized carbons (Fsp3) is 0.238. The molecule has 1 heterocycles. The highest BCUT2D eigenvalue weighted by Crippen LogP contribution is 2.32. The van der Waals surface area contributed by atoms with E-state index in [1.807, 2.05) is 61.5 Å². The first kappa shape index (κ1) is 21.6. The Bertz CT molecular complexity index is 1000. The Morgan fingerprint density at radius 3 is 2.73 bits per heavy atom. The van der Waals surface area contributed by atoms with Crippen molar-refractivity contribution in [3.63, 3.8) is 0 Å². The van der Waals surface area contributed by atoms with Gasteiger partial charge in [-0.3, -0.25) is 4.79 Å². The van der Waals surface area contributed by atoms with Crippen LogP contribution in [-0.2, 0) is 4.79 Å². The van der Waals surface area contributed by atoms with E-state index in [0.29, 0.717) is 22.6 Å². The number of benzene rings is 2. The molecule has 30 heavy (non-hydrogen) atoms. The van der Waals surface area contributed by atoms with Gasteiger partial charge < -0.3 is 15.0 Å². The molecule has 0 saturated carbocycles. The van der Waals surface area contributed by atoms with Gasteiger partial charge >= 0.3 is 0 Å². The zero-order valence-electron chi connectivity index (χ0n) is 16.4. The average Bonchev–Trinajstić information content (AvgIpc) is 3.22. The Balaban J connectivity index is 1.61. The summed E-state index contributed by atoms with van der Waals surface area (Å²) in [6.45, 7) is 2.86. The van der Waals surface area contributed by atoms with Crippen LogP contribution in [0.4, 0.5) is 16.5 Å². The van der Waals surface area contributed by atoms with Crippen LogP contribution in [-0.4, -0.2) is 35.0 Å². The molecule has 7 nitrogen and oxygen atoms in total. The zero-order chi connectivity index (χ0) is 21.2. The molecule has 1 amide bonds. The predicted octanol–water partition coefficient (Wildman–Crippen LogP) is 4.72. The topological polar surface area (TPSA) is 91.1 Å². The van der Waals surface area contributed by atoms with Gasteiger partial charge in [0.2, 0.25) is 11.0 Å². The summed E-state index contributed by atoms with van der Waals surface area (Å²) in [6.07, 6.45) is 0.275. The molecule has 9 heteroatoms. The summed E-state index contributed by atoms with van der Waals surface area (Å²) in [4.78, 5) is 14.4. The third kappa shape index (κ3) is 5.95. The van der Waals surface area contributed by atoms with Gasteiger partial charge in [0, 0.05) is 12.2 Å². The summed E-state index contributed by atoms with van der Waals surface area (Å²) in [5.41, 5.74) is 1.60. The number of nitrogens with zero attached hydrogens (tertiary/aromatic N) is 4. The number of hydrogen-bond acceptors (Lipinski definition) is 8. The molecule has 0 atom stereocenters. The van der Waals surface area contributed by atoms with Gasteiger partial charge in [0.15, 0.2) is 4.34 Å². The van der Waals surface area contributed by atoms with Gasteiger partial charge in [0.1, 0.15) is 5.75 Å². The van der Waals surface area contributed by atoms with E-state index >= 15 is 0 Å². The summed E-state index contributed by atoms with van der Waals surface area (Å²) in [6, 6.07) is 19.1. The van der Waals surface area contributed by atoms with Crippen LogP contribution >= 0.6 is 23.1 Å². The van der Waals surface area contributed by atoms with Gasteiger partial charge in [-0.25, -0.2) is 0 Å². The molecule has 0 aliphatic heterocycles. The van der Waals surface area contributed by atoms with Crippen LogP contribution in [0.5, 0.6) is 5.75 Å². The van der Waals surface area contributed by atoms with E-state index in [-0.39, 0.29) is 18.1 Å². The molecular formula is C21H21N5O2S2. The first-order valence-corrected chi connectivity index (χ1v) is 11.2. The zero-order valence-corrected chi connectivity index (χ0v) is 18.1. The molecule has 0 aliphatic carbocycles. The highest BCUT2D eigenvalue weighted by atomic mass is 32.2. The highest BCUT2D eigenvalue weighted by molar-refractivity contribution is 8.01. The van der Waals surface area contributed by atoms with E-state index in [4.69, 9.17) is 10.00 Å². The van der Waals surface area contributed by atoms with Crippen LogP contribution in [0.3, 0.4) is 0 Å². The SMILES string of the molecule is CCOc1ccccc1Nc1nnc(SCC(=O)N(CCC#N)c2ccccc2)s1. The van der Waals surface area contributed by atoms with Crippen molar-refractivity contribution in [2.45, 2.75) is 17.7 Å². The van der Waals surface area contributed by atoms with Gasteiger partial charge in [-0.15, -0.1) is 10.2 Å². The number of amides is 1. The van der Waals surface area contributed by atoms with Crippen LogP contribution < -0.4 is 15.0 Å². The van der Waals surface area contributed by atoms with Crippen molar-refractivity contribution < 1.29 is 9.53 Å². The second-order valence-corrected chi connectivity index (χ2v) is 8.20. The number of anilines is 3. The fourth-order valence-corrected chi connectivity index (χ4v) is 4.29. The molecule has 154 valence electrons. The Labute approximate surface area is 183 Å². The number of nitriles is 1. The normalized spacial score (nSPS) is 10.3. The van der Waals surface area contributed by atoms with Crippen molar-refractivity contribution in [2.24, 2.45) is 0 Å². The van der Waals surface area contributed by atoms with Crippen LogP contribution in [0.15, 0.2) is 58.9 Å². The highest BCUT2D eigenvalue weighted by Gasteiger charge is 2.17. The Hall–Kier alpha value is -3.09. The number of carbonyl (C=O) groups excluding carboxylic acids is 1. The monoisotopic (exact) mass is 439 g/mol. The summed E-state index contributed by atoms with van der Waals surface area (Å²) in [5.74, 6) is 0.883. The van der Waals surface area contributed by atoms with Crippen molar-refractivity contribution in [3.8, 4) is 11.8 Å². The fourth-order valence-electron chi connectivity index (χ4n) is 2.65.